The summed E-state index contributed by atoms with van der Waals surface area (Å²) in [6.07, 6.45) is 1.77. The molecule has 0 amide bonds. The summed E-state index contributed by atoms with van der Waals surface area (Å²) in [6.45, 7) is 0.338. The van der Waals surface area contributed by atoms with Crippen LogP contribution in [-0.2, 0) is 16.6 Å². The Morgan fingerprint density at radius 1 is 1.23 bits per heavy atom. The van der Waals surface area contributed by atoms with Crippen LogP contribution in [0, 0.1) is 11.3 Å². The number of nitrogens with zero attached hydrogens (tertiary/aromatic N) is 2. The maximum absolute atomic E-state index is 12.8. The van der Waals surface area contributed by atoms with E-state index in [4.69, 9.17) is 16.9 Å². The van der Waals surface area contributed by atoms with Crippen molar-refractivity contribution in [3.05, 3.63) is 51.2 Å². The molecule has 0 atom stereocenters. The predicted molar refractivity (Wildman–Crippen MR) is 86.2 cm³/mol. The molecule has 0 aliphatic heterocycles. The van der Waals surface area contributed by atoms with Gasteiger partial charge in [0.1, 0.15) is 0 Å². The van der Waals surface area contributed by atoms with E-state index in [1.807, 2.05) is 12.1 Å². The molecule has 0 radical (unpaired) electrons. The molecule has 0 unspecified atom stereocenters. The van der Waals surface area contributed by atoms with Gasteiger partial charge in [-0.15, -0.1) is 11.3 Å². The van der Waals surface area contributed by atoms with Crippen molar-refractivity contribution in [3.8, 4) is 6.07 Å². The van der Waals surface area contributed by atoms with E-state index in [2.05, 4.69) is 0 Å². The molecule has 1 aromatic heterocycles. The van der Waals surface area contributed by atoms with Crippen molar-refractivity contribution in [2.24, 2.45) is 0 Å². The number of rotatable bonds is 5. The third kappa shape index (κ3) is 3.18. The highest BCUT2D eigenvalue weighted by atomic mass is 35.5. The number of hydrogen-bond donors (Lipinski definition) is 0. The van der Waals surface area contributed by atoms with Crippen molar-refractivity contribution in [2.45, 2.75) is 30.3 Å². The molecule has 4 nitrogen and oxygen atoms in total. The molecule has 1 aliphatic rings. The van der Waals surface area contributed by atoms with Crippen molar-refractivity contribution in [2.75, 3.05) is 0 Å². The largest absolute Gasteiger partial charge is 0.243 e. The van der Waals surface area contributed by atoms with Gasteiger partial charge in [-0.1, -0.05) is 11.6 Å². The second-order valence-electron chi connectivity index (χ2n) is 5.12. The van der Waals surface area contributed by atoms with Crippen LogP contribution in [-0.4, -0.2) is 18.8 Å². The SMILES string of the molecule is N#Cc1ccc(S(=O)(=O)N(Cc2ccc(Cl)s2)C2CC2)cc1. The summed E-state index contributed by atoms with van der Waals surface area (Å²) in [5, 5.41) is 8.81. The highest BCUT2D eigenvalue weighted by Gasteiger charge is 2.38. The zero-order valence-electron chi connectivity index (χ0n) is 11.6. The normalized spacial score (nSPS) is 15.0. The maximum atomic E-state index is 12.8. The average molecular weight is 353 g/mol. The van der Waals surface area contributed by atoms with Crippen LogP contribution in [0.25, 0.3) is 0 Å². The number of sulfonamides is 1. The highest BCUT2D eigenvalue weighted by molar-refractivity contribution is 7.89. The van der Waals surface area contributed by atoms with E-state index in [1.54, 1.807) is 6.07 Å². The molecule has 3 rings (SSSR count). The van der Waals surface area contributed by atoms with E-state index >= 15 is 0 Å². The highest BCUT2D eigenvalue weighted by Crippen LogP contribution is 2.35. The Kier molecular flexibility index (Phi) is 4.24. The van der Waals surface area contributed by atoms with Crippen LogP contribution >= 0.6 is 22.9 Å². The van der Waals surface area contributed by atoms with E-state index in [-0.39, 0.29) is 10.9 Å². The van der Waals surface area contributed by atoms with Crippen LogP contribution in [0.5, 0.6) is 0 Å². The first kappa shape index (κ1) is 15.5. The summed E-state index contributed by atoms with van der Waals surface area (Å²) in [6, 6.07) is 11.7. The zero-order valence-corrected chi connectivity index (χ0v) is 14.0. The molecule has 114 valence electrons. The van der Waals surface area contributed by atoms with Gasteiger partial charge in [-0.25, -0.2) is 8.42 Å². The first-order chi connectivity index (χ1) is 10.5. The van der Waals surface area contributed by atoms with Gasteiger partial charge in [0.2, 0.25) is 10.0 Å². The molecule has 0 saturated heterocycles. The number of nitriles is 1. The van der Waals surface area contributed by atoms with Gasteiger partial charge in [0, 0.05) is 17.5 Å². The first-order valence-corrected chi connectivity index (χ1v) is 9.40. The third-order valence-corrected chi connectivity index (χ3v) is 6.61. The fraction of sp³-hybridized carbons (Fsp3) is 0.267. The van der Waals surface area contributed by atoms with Crippen LogP contribution in [0.3, 0.4) is 0 Å². The Hall–Kier alpha value is -1.39. The van der Waals surface area contributed by atoms with Crippen molar-refractivity contribution in [3.63, 3.8) is 0 Å². The second kappa shape index (κ2) is 6.01. The molecule has 7 heteroatoms. The van der Waals surface area contributed by atoms with Crippen molar-refractivity contribution >= 4 is 33.0 Å². The van der Waals surface area contributed by atoms with Gasteiger partial charge in [-0.05, 0) is 49.2 Å². The smallest absolute Gasteiger partial charge is 0.207 e. The lowest BCUT2D eigenvalue weighted by Crippen LogP contribution is -2.32. The lowest BCUT2D eigenvalue weighted by Gasteiger charge is -2.21. The summed E-state index contributed by atoms with van der Waals surface area (Å²) in [5.41, 5.74) is 0.446. The Bertz CT molecular complexity index is 818. The Labute approximate surface area is 138 Å². The molecular formula is C15H13ClN2O2S2. The molecule has 22 heavy (non-hydrogen) atoms. The van der Waals surface area contributed by atoms with Gasteiger partial charge in [-0.3, -0.25) is 0 Å². The van der Waals surface area contributed by atoms with Crippen LogP contribution in [0.15, 0.2) is 41.3 Å². The number of hydrogen-bond acceptors (Lipinski definition) is 4. The lowest BCUT2D eigenvalue weighted by molar-refractivity contribution is 0.401. The summed E-state index contributed by atoms with van der Waals surface area (Å²) in [7, 11) is -3.56. The molecule has 1 heterocycles. The number of benzene rings is 1. The fourth-order valence-corrected chi connectivity index (χ4v) is 5.03. The summed E-state index contributed by atoms with van der Waals surface area (Å²) in [5.74, 6) is 0. The van der Waals surface area contributed by atoms with E-state index in [0.29, 0.717) is 16.4 Å². The van der Waals surface area contributed by atoms with Gasteiger partial charge in [0.25, 0.3) is 0 Å². The number of thiophene rings is 1. The lowest BCUT2D eigenvalue weighted by atomic mass is 10.2. The van der Waals surface area contributed by atoms with Gasteiger partial charge in [-0.2, -0.15) is 9.57 Å². The Balaban J connectivity index is 1.90. The monoisotopic (exact) mass is 352 g/mol. The first-order valence-electron chi connectivity index (χ1n) is 6.77. The molecule has 1 aliphatic carbocycles. The Morgan fingerprint density at radius 2 is 1.91 bits per heavy atom. The van der Waals surface area contributed by atoms with Crippen LogP contribution in [0.1, 0.15) is 23.3 Å². The molecule has 2 aromatic rings. The van der Waals surface area contributed by atoms with E-state index in [9.17, 15) is 8.42 Å². The molecule has 0 N–H and O–H groups in total. The molecule has 1 aromatic carbocycles. The van der Waals surface area contributed by atoms with Crippen molar-refractivity contribution < 1.29 is 8.42 Å². The van der Waals surface area contributed by atoms with Crippen molar-refractivity contribution in [1.29, 1.82) is 5.26 Å². The van der Waals surface area contributed by atoms with Crippen molar-refractivity contribution in [1.82, 2.24) is 4.31 Å². The summed E-state index contributed by atoms with van der Waals surface area (Å²) in [4.78, 5) is 1.15. The molecular weight excluding hydrogens is 340 g/mol. The van der Waals surface area contributed by atoms with Gasteiger partial charge in [0.05, 0.1) is 20.9 Å². The van der Waals surface area contributed by atoms with E-state index < -0.39 is 10.0 Å². The quantitative estimate of drug-likeness (QED) is 0.825. The van der Waals surface area contributed by atoms with Crippen LogP contribution in [0.4, 0.5) is 0 Å². The summed E-state index contributed by atoms with van der Waals surface area (Å²) >= 11 is 7.32. The Morgan fingerprint density at radius 3 is 2.41 bits per heavy atom. The minimum absolute atomic E-state index is 0.0570. The summed E-state index contributed by atoms with van der Waals surface area (Å²) < 4.78 is 27.9. The standard InChI is InChI=1S/C15H13ClN2O2S2/c16-15-8-5-13(21-15)10-18(12-3-4-12)22(19,20)14-6-1-11(9-17)2-7-14/h1-2,5-8,12H,3-4,10H2. The van der Waals surface area contributed by atoms with E-state index in [1.165, 1.54) is 39.9 Å². The maximum Gasteiger partial charge on any atom is 0.243 e. The zero-order chi connectivity index (χ0) is 15.7. The minimum Gasteiger partial charge on any atom is -0.207 e. The van der Waals surface area contributed by atoms with Gasteiger partial charge >= 0.3 is 0 Å². The molecule has 0 bridgehead atoms. The van der Waals surface area contributed by atoms with Gasteiger partial charge in [0.15, 0.2) is 0 Å². The third-order valence-electron chi connectivity index (χ3n) is 3.48. The van der Waals surface area contributed by atoms with Crippen LogP contribution in [0.2, 0.25) is 4.34 Å². The fourth-order valence-electron chi connectivity index (χ4n) is 2.20. The minimum atomic E-state index is -3.56. The van der Waals surface area contributed by atoms with E-state index in [0.717, 1.165) is 17.7 Å². The number of halogens is 1. The molecule has 1 fully saturated rings. The second-order valence-corrected chi connectivity index (χ2v) is 8.81. The molecule has 0 spiro atoms. The molecule has 1 saturated carbocycles. The average Bonchev–Trinajstić information content (AvgIpc) is 3.27. The van der Waals surface area contributed by atoms with Gasteiger partial charge < -0.3 is 0 Å². The predicted octanol–water partition coefficient (Wildman–Crippen LogP) is 3.63. The van der Waals surface area contributed by atoms with Crippen LogP contribution < -0.4 is 0 Å². The topological polar surface area (TPSA) is 61.2 Å².